The van der Waals surface area contributed by atoms with E-state index >= 15 is 0 Å². The molecule has 0 amide bonds. The molecule has 1 rings (SSSR count). The minimum Gasteiger partial charge on any atom is -0.464 e. The van der Waals surface area contributed by atoms with Gasteiger partial charge in [0.25, 0.3) is 0 Å². The molecule has 1 aromatic heterocycles. The van der Waals surface area contributed by atoms with Crippen molar-refractivity contribution in [2.24, 2.45) is 0 Å². The summed E-state index contributed by atoms with van der Waals surface area (Å²) in [4.78, 5) is 14.9. The number of ether oxygens (including phenoxy) is 2. The molecule has 0 radical (unpaired) electrons. The molecule has 2 N–H and O–H groups in total. The van der Waals surface area contributed by atoms with Gasteiger partial charge in [-0.25, -0.2) is 4.79 Å². The monoisotopic (exact) mass is 352 g/mol. The second-order valence-corrected chi connectivity index (χ2v) is 5.43. The first-order valence-electron chi connectivity index (χ1n) is 7.05. The predicted molar refractivity (Wildman–Crippen MR) is 83.8 cm³/mol. The lowest BCUT2D eigenvalue weighted by Crippen LogP contribution is -2.16. The molecule has 1 heterocycles. The number of unbranched alkanes of at least 4 members (excludes halogenated alkanes) is 4. The molecule has 0 unspecified atom stereocenters. The number of nitrogens with two attached hydrogens (primary N) is 1. The number of anilines is 1. The van der Waals surface area contributed by atoms with E-state index in [-0.39, 0.29) is 21.6 Å². The molecule has 124 valence electrons. The number of rotatable bonds is 9. The quantitative estimate of drug-likeness (QED) is 0.413. The third kappa shape index (κ3) is 5.85. The number of aromatic nitrogens is 1. The SMILES string of the molecule is CCCCCCCOC(=O)COc1nc(F)c(Cl)c(N)c1Cl. The topological polar surface area (TPSA) is 74.4 Å². The van der Waals surface area contributed by atoms with Gasteiger partial charge in [-0.15, -0.1) is 0 Å². The van der Waals surface area contributed by atoms with E-state index in [9.17, 15) is 9.18 Å². The molecule has 0 fully saturated rings. The fraction of sp³-hybridized carbons (Fsp3) is 0.571. The number of hydrogen-bond acceptors (Lipinski definition) is 5. The molecule has 0 aliphatic heterocycles. The lowest BCUT2D eigenvalue weighted by Gasteiger charge is -2.10. The van der Waals surface area contributed by atoms with Gasteiger partial charge in [0.2, 0.25) is 11.8 Å². The summed E-state index contributed by atoms with van der Waals surface area (Å²) in [7, 11) is 0. The Balaban J connectivity index is 2.36. The van der Waals surface area contributed by atoms with Crippen molar-refractivity contribution in [1.29, 1.82) is 0 Å². The van der Waals surface area contributed by atoms with Crippen molar-refractivity contribution in [2.75, 3.05) is 18.9 Å². The number of esters is 1. The number of halogens is 3. The van der Waals surface area contributed by atoms with Crippen molar-refractivity contribution in [2.45, 2.75) is 39.0 Å². The molecule has 22 heavy (non-hydrogen) atoms. The van der Waals surface area contributed by atoms with Crippen LogP contribution < -0.4 is 10.5 Å². The van der Waals surface area contributed by atoms with Crippen LogP contribution in [0.15, 0.2) is 0 Å². The van der Waals surface area contributed by atoms with Crippen molar-refractivity contribution >= 4 is 34.9 Å². The van der Waals surface area contributed by atoms with Crippen LogP contribution >= 0.6 is 23.2 Å². The number of nitrogens with zero attached hydrogens (tertiary/aromatic N) is 1. The van der Waals surface area contributed by atoms with Gasteiger partial charge in [0.15, 0.2) is 6.61 Å². The fourth-order valence-electron chi connectivity index (χ4n) is 1.67. The van der Waals surface area contributed by atoms with Crippen molar-refractivity contribution in [1.82, 2.24) is 4.98 Å². The van der Waals surface area contributed by atoms with Gasteiger partial charge < -0.3 is 15.2 Å². The zero-order chi connectivity index (χ0) is 16.5. The minimum atomic E-state index is -1.01. The van der Waals surface area contributed by atoms with E-state index < -0.39 is 18.5 Å². The molecule has 8 heteroatoms. The van der Waals surface area contributed by atoms with Crippen LogP contribution in [0.5, 0.6) is 5.88 Å². The van der Waals surface area contributed by atoms with Crippen molar-refractivity contribution in [3.05, 3.63) is 16.0 Å². The van der Waals surface area contributed by atoms with Gasteiger partial charge in [-0.2, -0.15) is 9.37 Å². The standard InChI is InChI=1S/C14H19Cl2FN2O3/c1-2-3-4-5-6-7-21-9(20)8-22-14-11(16)12(18)10(15)13(17)19-14/h2-8H2,1H3,(H2,18,19). The Morgan fingerprint density at radius 1 is 1.23 bits per heavy atom. The molecule has 0 bridgehead atoms. The summed E-state index contributed by atoms with van der Waals surface area (Å²) in [5, 5.41) is -0.522. The van der Waals surface area contributed by atoms with E-state index in [1.54, 1.807) is 0 Å². The van der Waals surface area contributed by atoms with Crippen LogP contribution in [0.2, 0.25) is 10.0 Å². The van der Waals surface area contributed by atoms with Crippen LogP contribution in [-0.4, -0.2) is 24.2 Å². The summed E-state index contributed by atoms with van der Waals surface area (Å²) in [6, 6.07) is 0. The smallest absolute Gasteiger partial charge is 0.344 e. The average Bonchev–Trinajstić information content (AvgIpc) is 2.51. The van der Waals surface area contributed by atoms with Crippen LogP contribution in [0.1, 0.15) is 39.0 Å². The summed E-state index contributed by atoms with van der Waals surface area (Å²) < 4.78 is 23.3. The number of pyridine rings is 1. The lowest BCUT2D eigenvalue weighted by atomic mass is 10.2. The largest absolute Gasteiger partial charge is 0.464 e. The highest BCUT2D eigenvalue weighted by molar-refractivity contribution is 6.39. The maximum absolute atomic E-state index is 13.3. The minimum absolute atomic E-state index is 0.140. The van der Waals surface area contributed by atoms with Crippen molar-refractivity contribution < 1.29 is 18.7 Å². The Bertz CT molecular complexity index is 515. The number of carbonyl (C=O) groups excluding carboxylic acids is 1. The third-order valence-corrected chi connectivity index (χ3v) is 3.60. The highest BCUT2D eigenvalue weighted by Crippen LogP contribution is 2.35. The molecule has 0 atom stereocenters. The molecule has 0 aromatic carbocycles. The summed E-state index contributed by atoms with van der Waals surface area (Å²) >= 11 is 11.4. The van der Waals surface area contributed by atoms with Gasteiger partial charge >= 0.3 is 5.97 Å². The second-order valence-electron chi connectivity index (χ2n) is 4.67. The van der Waals surface area contributed by atoms with E-state index in [1.807, 2.05) is 0 Å². The van der Waals surface area contributed by atoms with Gasteiger partial charge in [-0.1, -0.05) is 55.8 Å². The van der Waals surface area contributed by atoms with E-state index in [1.165, 1.54) is 6.42 Å². The molecular formula is C14H19Cl2FN2O3. The Labute approximate surface area is 138 Å². The second kappa shape index (κ2) is 9.69. The molecule has 0 aliphatic rings. The first-order chi connectivity index (χ1) is 10.5. The Hall–Kier alpha value is -1.27. The Morgan fingerprint density at radius 2 is 1.91 bits per heavy atom. The molecule has 1 aromatic rings. The molecule has 0 saturated heterocycles. The van der Waals surface area contributed by atoms with Crippen LogP contribution in [0.3, 0.4) is 0 Å². The highest BCUT2D eigenvalue weighted by Gasteiger charge is 2.17. The fourth-order valence-corrected chi connectivity index (χ4v) is 2.04. The van der Waals surface area contributed by atoms with Crippen molar-refractivity contribution in [3.8, 4) is 5.88 Å². The first kappa shape index (κ1) is 18.8. The zero-order valence-corrected chi connectivity index (χ0v) is 13.8. The summed E-state index contributed by atoms with van der Waals surface area (Å²) in [6.07, 6.45) is 5.25. The lowest BCUT2D eigenvalue weighted by molar-refractivity contribution is -0.146. The molecule has 0 spiro atoms. The van der Waals surface area contributed by atoms with E-state index in [2.05, 4.69) is 11.9 Å². The van der Waals surface area contributed by atoms with Gasteiger partial charge in [0.05, 0.1) is 12.3 Å². The average molecular weight is 353 g/mol. The van der Waals surface area contributed by atoms with E-state index in [0.717, 1.165) is 25.7 Å². The van der Waals surface area contributed by atoms with Crippen LogP contribution in [0.25, 0.3) is 0 Å². The Morgan fingerprint density at radius 3 is 2.59 bits per heavy atom. The first-order valence-corrected chi connectivity index (χ1v) is 7.81. The van der Waals surface area contributed by atoms with E-state index in [4.69, 9.17) is 38.4 Å². The molecule has 5 nitrogen and oxygen atoms in total. The predicted octanol–water partition coefficient (Wildman–Crippen LogP) is 4.00. The van der Waals surface area contributed by atoms with Gasteiger partial charge in [-0.3, -0.25) is 0 Å². The maximum Gasteiger partial charge on any atom is 0.344 e. The van der Waals surface area contributed by atoms with Crippen LogP contribution in [0, 0.1) is 5.95 Å². The number of hydrogen-bond donors (Lipinski definition) is 1. The summed E-state index contributed by atoms with van der Waals surface area (Å²) in [5.74, 6) is -1.88. The van der Waals surface area contributed by atoms with Crippen molar-refractivity contribution in [3.63, 3.8) is 0 Å². The third-order valence-electron chi connectivity index (χ3n) is 2.88. The maximum atomic E-state index is 13.3. The Kier molecular flexibility index (Phi) is 8.27. The normalized spacial score (nSPS) is 10.5. The molecule has 0 saturated carbocycles. The van der Waals surface area contributed by atoms with Gasteiger partial charge in [0, 0.05) is 0 Å². The zero-order valence-electron chi connectivity index (χ0n) is 12.3. The van der Waals surface area contributed by atoms with Crippen LogP contribution in [0.4, 0.5) is 10.1 Å². The van der Waals surface area contributed by atoms with Crippen LogP contribution in [-0.2, 0) is 9.53 Å². The van der Waals surface area contributed by atoms with Gasteiger partial charge in [0.1, 0.15) is 10.0 Å². The van der Waals surface area contributed by atoms with E-state index in [0.29, 0.717) is 6.61 Å². The summed E-state index contributed by atoms with van der Waals surface area (Å²) in [6.45, 7) is 2.02. The van der Waals surface area contributed by atoms with Gasteiger partial charge in [-0.05, 0) is 6.42 Å². The molecular weight excluding hydrogens is 334 g/mol. The number of nitrogen functional groups attached to an aromatic ring is 1. The highest BCUT2D eigenvalue weighted by atomic mass is 35.5. The number of carbonyl (C=O) groups is 1. The summed E-state index contributed by atoms with van der Waals surface area (Å²) in [5.41, 5.74) is 5.30. The molecule has 0 aliphatic carbocycles.